The Morgan fingerprint density at radius 1 is 2.00 bits per heavy atom. The fraction of sp³-hybridized carbons (Fsp3) is 0.750. The van der Waals surface area contributed by atoms with Crippen molar-refractivity contribution in [2.24, 2.45) is 5.73 Å². The van der Waals surface area contributed by atoms with Gasteiger partial charge in [0.15, 0.2) is 0 Å². The smallest absolute Gasteiger partial charge is 0.312 e. The monoisotopic (exact) mass is 148 g/mol. The molecule has 0 aliphatic rings. The van der Waals surface area contributed by atoms with E-state index in [0.717, 1.165) is 10.2 Å². The lowest BCUT2D eigenvalue weighted by molar-refractivity contribution is 0.165. The SMILES string of the molecule is COC([SiH3])CNC(N)=O. The number of primary amides is 1. The Kier molecular flexibility index (Phi) is 4.07. The Labute approximate surface area is 57.2 Å². The molecule has 1 atom stereocenters. The van der Waals surface area contributed by atoms with Gasteiger partial charge in [-0.2, -0.15) is 0 Å². The number of methoxy groups -OCH3 is 1. The van der Waals surface area contributed by atoms with Crippen LogP contribution < -0.4 is 11.1 Å². The number of rotatable bonds is 3. The summed E-state index contributed by atoms with van der Waals surface area (Å²) in [7, 11) is 2.51. The van der Waals surface area contributed by atoms with Gasteiger partial charge < -0.3 is 15.8 Å². The molecule has 3 N–H and O–H groups in total. The van der Waals surface area contributed by atoms with E-state index in [4.69, 9.17) is 10.5 Å². The average molecular weight is 148 g/mol. The van der Waals surface area contributed by atoms with Gasteiger partial charge in [0.1, 0.15) is 0 Å². The highest BCUT2D eigenvalue weighted by Gasteiger charge is 1.98. The number of amides is 2. The van der Waals surface area contributed by atoms with E-state index >= 15 is 0 Å². The van der Waals surface area contributed by atoms with Gasteiger partial charge in [0.05, 0.1) is 5.73 Å². The number of nitrogens with two attached hydrogens (primary N) is 1. The Morgan fingerprint density at radius 3 is 2.89 bits per heavy atom. The first kappa shape index (κ1) is 8.45. The van der Waals surface area contributed by atoms with Crippen LogP contribution >= 0.6 is 0 Å². The van der Waals surface area contributed by atoms with Gasteiger partial charge in [-0.15, -0.1) is 0 Å². The molecule has 1 unspecified atom stereocenters. The maximum absolute atomic E-state index is 10.1. The van der Waals surface area contributed by atoms with Gasteiger partial charge in [-0.3, -0.25) is 0 Å². The fourth-order valence-electron chi connectivity index (χ4n) is 0.328. The van der Waals surface area contributed by atoms with Gasteiger partial charge in [-0.25, -0.2) is 4.79 Å². The van der Waals surface area contributed by atoms with Crippen molar-refractivity contribution in [3.63, 3.8) is 0 Å². The number of carbonyl (C=O) groups is 1. The molecule has 0 aliphatic heterocycles. The molecule has 0 aliphatic carbocycles. The fourth-order valence-corrected chi connectivity index (χ4v) is 0.532. The Morgan fingerprint density at radius 2 is 2.56 bits per heavy atom. The molecule has 0 rings (SSSR count). The van der Waals surface area contributed by atoms with E-state index in [-0.39, 0.29) is 5.73 Å². The average Bonchev–Trinajstić information content (AvgIpc) is 1.83. The third-order valence-corrected chi connectivity index (χ3v) is 1.85. The molecule has 0 saturated heterocycles. The lowest BCUT2D eigenvalue weighted by atomic mass is 10.7. The maximum atomic E-state index is 10.1. The summed E-state index contributed by atoms with van der Waals surface area (Å²) in [5.74, 6) is 0. The summed E-state index contributed by atoms with van der Waals surface area (Å²) in [6, 6.07) is -0.493. The van der Waals surface area contributed by atoms with Crippen LogP contribution in [-0.2, 0) is 4.74 Å². The van der Waals surface area contributed by atoms with E-state index in [0.29, 0.717) is 6.54 Å². The van der Waals surface area contributed by atoms with Crippen LogP contribution in [0.2, 0.25) is 0 Å². The second-order valence-corrected chi connectivity index (χ2v) is 3.08. The molecule has 54 valence electrons. The van der Waals surface area contributed by atoms with Gasteiger partial charge in [-0.1, -0.05) is 0 Å². The van der Waals surface area contributed by atoms with Crippen molar-refractivity contribution in [1.82, 2.24) is 5.32 Å². The van der Waals surface area contributed by atoms with Gasteiger partial charge in [0.2, 0.25) is 0 Å². The van der Waals surface area contributed by atoms with Crippen LogP contribution in [0.15, 0.2) is 0 Å². The lowest BCUT2D eigenvalue weighted by Crippen LogP contribution is -2.36. The quantitative estimate of drug-likeness (QED) is 0.454. The molecule has 0 aromatic carbocycles. The molecule has 0 bridgehead atoms. The molecular formula is C4H12N2O2Si. The molecule has 9 heavy (non-hydrogen) atoms. The van der Waals surface area contributed by atoms with Crippen molar-refractivity contribution in [1.29, 1.82) is 0 Å². The molecular weight excluding hydrogens is 136 g/mol. The second kappa shape index (κ2) is 4.34. The topological polar surface area (TPSA) is 64.3 Å². The number of hydrogen-bond donors (Lipinski definition) is 2. The number of nitrogens with one attached hydrogen (secondary N) is 1. The van der Waals surface area contributed by atoms with Crippen molar-refractivity contribution in [3.8, 4) is 0 Å². The first-order valence-corrected chi connectivity index (χ1v) is 3.88. The van der Waals surface area contributed by atoms with E-state index in [1.807, 2.05) is 0 Å². The minimum Gasteiger partial charge on any atom is -0.384 e. The van der Waals surface area contributed by atoms with Crippen LogP contribution in [0.5, 0.6) is 0 Å². The predicted molar refractivity (Wildman–Crippen MR) is 38.3 cm³/mol. The summed E-state index contributed by atoms with van der Waals surface area (Å²) in [5.41, 5.74) is 4.97. The number of hydrogen-bond acceptors (Lipinski definition) is 2. The van der Waals surface area contributed by atoms with Crippen molar-refractivity contribution < 1.29 is 9.53 Å². The number of carbonyl (C=O) groups excluding carboxylic acids is 1. The Bertz CT molecular complexity index is 98.6. The summed E-state index contributed by atoms with van der Waals surface area (Å²) >= 11 is 0. The van der Waals surface area contributed by atoms with E-state index in [1.54, 1.807) is 7.11 Å². The summed E-state index contributed by atoms with van der Waals surface area (Å²) in [5, 5.41) is 2.44. The van der Waals surface area contributed by atoms with E-state index in [2.05, 4.69) is 5.32 Å². The Hall–Kier alpha value is -0.553. The van der Waals surface area contributed by atoms with Crippen molar-refractivity contribution in [2.75, 3.05) is 13.7 Å². The first-order chi connectivity index (χ1) is 4.16. The van der Waals surface area contributed by atoms with Crippen molar-refractivity contribution >= 4 is 16.3 Å². The zero-order valence-electron chi connectivity index (χ0n) is 5.68. The van der Waals surface area contributed by atoms with Gasteiger partial charge in [0.25, 0.3) is 0 Å². The van der Waals surface area contributed by atoms with E-state index < -0.39 is 6.03 Å². The Balaban J connectivity index is 3.16. The normalized spacial score (nSPS) is 13.0. The molecule has 0 heterocycles. The molecule has 0 saturated carbocycles. The van der Waals surface area contributed by atoms with Crippen LogP contribution in [-0.4, -0.2) is 35.7 Å². The standard InChI is InChI=1S/C4H12N2O2Si/c1-8-3(9)2-6-4(5)7/h3H,2H2,1,9H3,(H3,5,6,7). The van der Waals surface area contributed by atoms with Crippen molar-refractivity contribution in [3.05, 3.63) is 0 Å². The molecule has 2 amide bonds. The molecule has 0 aromatic heterocycles. The minimum atomic E-state index is -0.493. The van der Waals surface area contributed by atoms with E-state index in [1.165, 1.54) is 0 Å². The lowest BCUT2D eigenvalue weighted by Gasteiger charge is -2.07. The van der Waals surface area contributed by atoms with Gasteiger partial charge >= 0.3 is 6.03 Å². The third-order valence-electron chi connectivity index (χ3n) is 0.966. The van der Waals surface area contributed by atoms with Gasteiger partial charge in [0, 0.05) is 23.9 Å². The molecule has 0 fully saturated rings. The van der Waals surface area contributed by atoms with Gasteiger partial charge in [-0.05, 0) is 0 Å². The summed E-state index contributed by atoms with van der Waals surface area (Å²) < 4.78 is 4.89. The second-order valence-electron chi connectivity index (χ2n) is 1.79. The first-order valence-electron chi connectivity index (χ1n) is 2.73. The molecule has 0 aromatic rings. The van der Waals surface area contributed by atoms with Crippen LogP contribution in [0, 0.1) is 0 Å². The summed E-state index contributed by atoms with van der Waals surface area (Å²) in [4.78, 5) is 10.1. The minimum absolute atomic E-state index is 0.164. The highest BCUT2D eigenvalue weighted by molar-refractivity contribution is 6.11. The highest BCUT2D eigenvalue weighted by Crippen LogP contribution is 1.76. The third kappa shape index (κ3) is 5.32. The largest absolute Gasteiger partial charge is 0.384 e. The van der Waals surface area contributed by atoms with E-state index in [9.17, 15) is 4.79 Å². The molecule has 0 radical (unpaired) electrons. The predicted octanol–water partition coefficient (Wildman–Crippen LogP) is -2.01. The maximum Gasteiger partial charge on any atom is 0.312 e. The van der Waals surface area contributed by atoms with Crippen LogP contribution in [0.4, 0.5) is 4.79 Å². The number of ether oxygens (including phenoxy) is 1. The molecule has 0 spiro atoms. The molecule has 5 heteroatoms. The molecule has 4 nitrogen and oxygen atoms in total. The highest BCUT2D eigenvalue weighted by atomic mass is 28.1. The zero-order chi connectivity index (χ0) is 7.28. The van der Waals surface area contributed by atoms with Crippen LogP contribution in [0.1, 0.15) is 0 Å². The van der Waals surface area contributed by atoms with Crippen LogP contribution in [0.3, 0.4) is 0 Å². The van der Waals surface area contributed by atoms with Crippen molar-refractivity contribution in [2.45, 2.75) is 5.73 Å². The summed E-state index contributed by atoms with van der Waals surface area (Å²) in [6.45, 7) is 0.526. The zero-order valence-corrected chi connectivity index (χ0v) is 7.68. The van der Waals surface area contributed by atoms with Crippen LogP contribution in [0.25, 0.3) is 0 Å². The number of urea groups is 1. The summed E-state index contributed by atoms with van der Waals surface area (Å²) in [6.07, 6.45) is 0.